The number of imide groups is 1. The van der Waals surface area contributed by atoms with Crippen molar-refractivity contribution in [2.75, 3.05) is 4.90 Å². The SMILES string of the molecule is CC(=O)OC(OC(C)=O)[C@@]12C=C[C@H](O1)[C@H]1C(=O)N(c3cc([N+](=O)[O-])ccc3C)C(=O)[C@H]12. The van der Waals surface area contributed by atoms with Crippen LogP contribution in [-0.4, -0.2) is 46.7 Å². The van der Waals surface area contributed by atoms with Crippen molar-refractivity contribution in [2.45, 2.75) is 38.8 Å². The Labute approximate surface area is 175 Å². The number of nitro benzene ring substituents is 1. The first-order valence-corrected chi connectivity index (χ1v) is 9.41. The second-order valence-corrected chi connectivity index (χ2v) is 7.59. The van der Waals surface area contributed by atoms with Crippen LogP contribution >= 0.6 is 0 Å². The Bertz CT molecular complexity index is 1050. The molecule has 2 saturated heterocycles. The van der Waals surface area contributed by atoms with Gasteiger partial charge < -0.3 is 14.2 Å². The average molecular weight is 430 g/mol. The molecule has 0 saturated carbocycles. The van der Waals surface area contributed by atoms with Crippen LogP contribution < -0.4 is 4.90 Å². The maximum Gasteiger partial charge on any atom is 0.305 e. The highest BCUT2D eigenvalue weighted by molar-refractivity contribution is 6.23. The van der Waals surface area contributed by atoms with Crippen LogP contribution in [0.4, 0.5) is 11.4 Å². The summed E-state index contributed by atoms with van der Waals surface area (Å²) in [6.45, 7) is 3.83. The molecule has 1 aromatic rings. The molecule has 0 N–H and O–H groups in total. The highest BCUT2D eigenvalue weighted by Gasteiger charge is 2.72. The summed E-state index contributed by atoms with van der Waals surface area (Å²) in [5.41, 5.74) is -1.38. The zero-order valence-electron chi connectivity index (χ0n) is 16.8. The van der Waals surface area contributed by atoms with Crippen molar-refractivity contribution in [2.24, 2.45) is 11.8 Å². The van der Waals surface area contributed by atoms with Crippen molar-refractivity contribution >= 4 is 35.1 Å². The summed E-state index contributed by atoms with van der Waals surface area (Å²) < 4.78 is 16.2. The smallest absolute Gasteiger partial charge is 0.305 e. The molecular formula is C20H18N2O9. The number of ether oxygens (including phenoxy) is 3. The molecule has 3 aliphatic heterocycles. The van der Waals surface area contributed by atoms with Crippen molar-refractivity contribution in [3.8, 4) is 0 Å². The van der Waals surface area contributed by atoms with Gasteiger partial charge in [-0.25, -0.2) is 4.90 Å². The topological polar surface area (TPSA) is 142 Å². The quantitative estimate of drug-likeness (QED) is 0.168. The minimum atomic E-state index is -1.68. The Morgan fingerprint density at radius 3 is 2.42 bits per heavy atom. The van der Waals surface area contributed by atoms with E-state index in [1.165, 1.54) is 18.2 Å². The maximum absolute atomic E-state index is 13.4. The van der Waals surface area contributed by atoms with Crippen LogP contribution in [0, 0.1) is 28.9 Å². The molecule has 11 nitrogen and oxygen atoms in total. The summed E-state index contributed by atoms with van der Waals surface area (Å²) in [6.07, 6.45) is 0.626. The van der Waals surface area contributed by atoms with Gasteiger partial charge in [0.2, 0.25) is 11.8 Å². The van der Waals surface area contributed by atoms with Gasteiger partial charge in [0.15, 0.2) is 5.60 Å². The number of fused-ring (bicyclic) bond motifs is 5. The van der Waals surface area contributed by atoms with Gasteiger partial charge in [-0.15, -0.1) is 0 Å². The van der Waals surface area contributed by atoms with E-state index in [2.05, 4.69) is 0 Å². The molecule has 4 atom stereocenters. The lowest BCUT2D eigenvalue weighted by molar-refractivity contribution is -0.384. The monoisotopic (exact) mass is 430 g/mol. The first-order chi connectivity index (χ1) is 14.6. The van der Waals surface area contributed by atoms with Crippen LogP contribution in [-0.2, 0) is 33.4 Å². The number of carbonyl (C=O) groups excluding carboxylic acids is 4. The van der Waals surface area contributed by atoms with E-state index in [1.807, 2.05) is 0 Å². The molecular weight excluding hydrogens is 412 g/mol. The molecule has 0 radical (unpaired) electrons. The third-order valence-corrected chi connectivity index (χ3v) is 5.64. The summed E-state index contributed by atoms with van der Waals surface area (Å²) in [5, 5.41) is 11.2. The number of nitro groups is 1. The van der Waals surface area contributed by atoms with Crippen molar-refractivity contribution in [1.82, 2.24) is 0 Å². The van der Waals surface area contributed by atoms with E-state index in [9.17, 15) is 29.3 Å². The molecule has 0 aromatic heterocycles. The number of benzene rings is 1. The van der Waals surface area contributed by atoms with E-state index in [-0.39, 0.29) is 11.4 Å². The van der Waals surface area contributed by atoms with Crippen LogP contribution in [0.5, 0.6) is 0 Å². The normalized spacial score (nSPS) is 28.3. The molecule has 31 heavy (non-hydrogen) atoms. The third-order valence-electron chi connectivity index (χ3n) is 5.64. The fraction of sp³-hybridized carbons (Fsp3) is 0.400. The molecule has 0 spiro atoms. The summed E-state index contributed by atoms with van der Waals surface area (Å²) in [4.78, 5) is 61.4. The highest BCUT2D eigenvalue weighted by Crippen LogP contribution is 2.55. The molecule has 3 aliphatic rings. The van der Waals surface area contributed by atoms with E-state index in [4.69, 9.17) is 14.2 Å². The summed E-state index contributed by atoms with van der Waals surface area (Å²) in [6, 6.07) is 3.88. The fourth-order valence-electron chi connectivity index (χ4n) is 4.41. The molecule has 11 heteroatoms. The molecule has 1 aromatic carbocycles. The predicted octanol–water partition coefficient (Wildman–Crippen LogP) is 1.17. The van der Waals surface area contributed by atoms with E-state index in [0.29, 0.717) is 5.56 Å². The van der Waals surface area contributed by atoms with Gasteiger partial charge in [-0.05, 0) is 18.6 Å². The molecule has 2 bridgehead atoms. The van der Waals surface area contributed by atoms with Crippen LogP contribution in [0.1, 0.15) is 19.4 Å². The van der Waals surface area contributed by atoms with E-state index in [1.54, 1.807) is 13.0 Å². The van der Waals surface area contributed by atoms with Gasteiger partial charge >= 0.3 is 11.9 Å². The fourth-order valence-corrected chi connectivity index (χ4v) is 4.41. The van der Waals surface area contributed by atoms with Crippen LogP contribution in [0.3, 0.4) is 0 Å². The van der Waals surface area contributed by atoms with E-state index < -0.39 is 58.5 Å². The third kappa shape index (κ3) is 3.00. The van der Waals surface area contributed by atoms with Crippen molar-refractivity contribution < 1.29 is 38.3 Å². The van der Waals surface area contributed by atoms with Crippen LogP contribution in [0.15, 0.2) is 30.4 Å². The number of esters is 2. The standard InChI is InChI=1S/C20H18N2O9/c1-9-4-5-12(22(27)28)8-13(9)21-17(25)15-14-6-7-20(31-14,16(15)18(21)26)19(29-10(2)23)30-11(3)24/h4-8,14-16,19H,1-3H3/t14-,15+,16-,20-/m0/s1. The van der Waals surface area contributed by atoms with Crippen LogP contribution in [0.25, 0.3) is 0 Å². The van der Waals surface area contributed by atoms with E-state index in [0.717, 1.165) is 24.8 Å². The Balaban J connectivity index is 1.78. The summed E-state index contributed by atoms with van der Waals surface area (Å²) in [5.74, 6) is -4.92. The number of anilines is 1. The first-order valence-electron chi connectivity index (χ1n) is 9.41. The Morgan fingerprint density at radius 2 is 1.84 bits per heavy atom. The molecule has 4 rings (SSSR count). The van der Waals surface area contributed by atoms with Gasteiger partial charge in [-0.3, -0.25) is 29.3 Å². The van der Waals surface area contributed by atoms with Gasteiger partial charge in [0.05, 0.1) is 28.6 Å². The summed E-state index contributed by atoms with van der Waals surface area (Å²) >= 11 is 0. The Hall–Kier alpha value is -3.60. The number of hydrogen-bond donors (Lipinski definition) is 0. The number of aryl methyl sites for hydroxylation is 1. The van der Waals surface area contributed by atoms with Crippen molar-refractivity contribution in [3.05, 3.63) is 46.0 Å². The average Bonchev–Trinajstić information content (AvgIpc) is 3.32. The van der Waals surface area contributed by atoms with Gasteiger partial charge in [0.25, 0.3) is 12.0 Å². The molecule has 0 unspecified atom stereocenters. The second-order valence-electron chi connectivity index (χ2n) is 7.59. The van der Waals surface area contributed by atoms with Crippen LogP contribution in [0.2, 0.25) is 0 Å². The Morgan fingerprint density at radius 1 is 1.19 bits per heavy atom. The lowest BCUT2D eigenvalue weighted by atomic mass is 9.76. The second kappa shape index (κ2) is 6.98. The molecule has 0 aliphatic carbocycles. The Kier molecular flexibility index (Phi) is 4.65. The number of non-ortho nitro benzene ring substituents is 1. The number of carbonyl (C=O) groups is 4. The van der Waals surface area contributed by atoms with Gasteiger partial charge in [-0.1, -0.05) is 12.1 Å². The lowest BCUT2D eigenvalue weighted by Gasteiger charge is -2.34. The predicted molar refractivity (Wildman–Crippen MR) is 101 cm³/mol. The molecule has 162 valence electrons. The zero-order valence-corrected chi connectivity index (χ0v) is 16.8. The largest absolute Gasteiger partial charge is 0.422 e. The molecule has 2 amide bonds. The first kappa shape index (κ1) is 20.7. The highest BCUT2D eigenvalue weighted by atomic mass is 16.7. The van der Waals surface area contributed by atoms with Crippen molar-refractivity contribution in [1.29, 1.82) is 0 Å². The summed E-state index contributed by atoms with van der Waals surface area (Å²) in [7, 11) is 0. The molecule has 2 fully saturated rings. The zero-order chi connectivity index (χ0) is 22.7. The minimum absolute atomic E-state index is 0.0877. The number of amides is 2. The van der Waals surface area contributed by atoms with Gasteiger partial charge in [-0.2, -0.15) is 0 Å². The number of nitrogens with zero attached hydrogens (tertiary/aromatic N) is 2. The number of rotatable bonds is 5. The number of hydrogen-bond acceptors (Lipinski definition) is 9. The minimum Gasteiger partial charge on any atom is -0.422 e. The molecule has 3 heterocycles. The van der Waals surface area contributed by atoms with E-state index >= 15 is 0 Å². The van der Waals surface area contributed by atoms with Crippen molar-refractivity contribution in [3.63, 3.8) is 0 Å². The lowest BCUT2D eigenvalue weighted by Crippen LogP contribution is -2.52. The van der Waals surface area contributed by atoms with Gasteiger partial charge in [0.1, 0.15) is 0 Å². The maximum atomic E-state index is 13.4. The van der Waals surface area contributed by atoms with Gasteiger partial charge in [0, 0.05) is 26.0 Å².